The Morgan fingerprint density at radius 3 is 2.24 bits per heavy atom. The minimum atomic E-state index is -0.472. The first-order valence-corrected chi connectivity index (χ1v) is 10.3. The number of halogens is 1. The maximum absolute atomic E-state index is 11.2. The predicted molar refractivity (Wildman–Crippen MR) is 117 cm³/mol. The van der Waals surface area contributed by atoms with Gasteiger partial charge in [-0.25, -0.2) is 9.78 Å². The molecule has 9 heteroatoms. The number of primary amides is 1. The van der Waals surface area contributed by atoms with Crippen molar-refractivity contribution in [2.45, 2.75) is 65.9 Å². The highest BCUT2D eigenvalue weighted by atomic mass is 79.9. The van der Waals surface area contributed by atoms with E-state index in [2.05, 4.69) is 31.0 Å². The number of carbonyl (C=O) groups excluding carboxylic acids is 3. The molecular weight excluding hydrogens is 442 g/mol. The molecule has 0 saturated carbocycles. The summed E-state index contributed by atoms with van der Waals surface area (Å²) in [5, 5.41) is 2.66. The van der Waals surface area contributed by atoms with Crippen LogP contribution in [0.3, 0.4) is 0 Å². The third-order valence-corrected chi connectivity index (χ3v) is 3.61. The fraction of sp³-hybridized carbons (Fsp3) is 0.600. The van der Waals surface area contributed by atoms with Crippen LogP contribution in [0.15, 0.2) is 22.9 Å². The van der Waals surface area contributed by atoms with E-state index in [1.54, 1.807) is 18.3 Å². The predicted octanol–water partition coefficient (Wildman–Crippen LogP) is 4.21. The molecule has 0 aliphatic carbocycles. The van der Waals surface area contributed by atoms with E-state index in [9.17, 15) is 14.4 Å². The molecule has 0 aliphatic rings. The van der Waals surface area contributed by atoms with Crippen LogP contribution in [0.4, 0.5) is 4.79 Å². The monoisotopic (exact) mass is 475 g/mol. The average molecular weight is 476 g/mol. The summed E-state index contributed by atoms with van der Waals surface area (Å²) in [6.07, 6.45) is 4.11. The van der Waals surface area contributed by atoms with E-state index >= 15 is 0 Å². The van der Waals surface area contributed by atoms with Crippen molar-refractivity contribution in [3.63, 3.8) is 0 Å². The number of methoxy groups -OCH3 is 1. The van der Waals surface area contributed by atoms with Crippen LogP contribution >= 0.6 is 15.9 Å². The molecule has 0 bridgehead atoms. The number of pyridine rings is 1. The quantitative estimate of drug-likeness (QED) is 0.346. The van der Waals surface area contributed by atoms with Crippen LogP contribution in [-0.2, 0) is 14.3 Å². The van der Waals surface area contributed by atoms with Crippen LogP contribution in [0.5, 0.6) is 0 Å². The summed E-state index contributed by atoms with van der Waals surface area (Å²) in [7, 11) is 1.38. The summed E-state index contributed by atoms with van der Waals surface area (Å²) in [6, 6.07) is 3.27. The maximum Gasteiger partial charge on any atom is 0.407 e. The first-order chi connectivity index (χ1) is 13.6. The Labute approximate surface area is 182 Å². The molecule has 8 nitrogen and oxygen atoms in total. The summed E-state index contributed by atoms with van der Waals surface area (Å²) < 4.78 is 10.1. The second kappa shape index (κ2) is 16.8. The maximum atomic E-state index is 11.2. The van der Waals surface area contributed by atoms with Gasteiger partial charge in [-0.15, -0.1) is 0 Å². The number of ether oxygens (including phenoxy) is 2. The highest BCUT2D eigenvalue weighted by Gasteiger charge is 2.15. The zero-order chi connectivity index (χ0) is 22.9. The van der Waals surface area contributed by atoms with E-state index < -0.39 is 17.6 Å². The van der Waals surface area contributed by atoms with Crippen molar-refractivity contribution in [2.75, 3.05) is 13.7 Å². The van der Waals surface area contributed by atoms with Crippen molar-refractivity contribution in [2.24, 2.45) is 5.73 Å². The highest BCUT2D eigenvalue weighted by Crippen LogP contribution is 2.10. The first kappa shape index (κ1) is 29.0. The summed E-state index contributed by atoms with van der Waals surface area (Å²) in [6.45, 7) is 10.0. The van der Waals surface area contributed by atoms with Crippen molar-refractivity contribution in [3.05, 3.63) is 28.5 Å². The van der Waals surface area contributed by atoms with Crippen LogP contribution in [-0.4, -0.2) is 42.2 Å². The van der Waals surface area contributed by atoms with Crippen molar-refractivity contribution in [1.82, 2.24) is 10.3 Å². The molecule has 166 valence electrons. The largest absolute Gasteiger partial charge is 0.469 e. The first-order valence-electron chi connectivity index (χ1n) is 9.50. The Bertz CT molecular complexity index is 618. The number of amides is 2. The Balaban J connectivity index is 0. The fourth-order valence-corrected chi connectivity index (χ4v) is 2.19. The van der Waals surface area contributed by atoms with Gasteiger partial charge in [0.1, 0.15) is 10.2 Å². The van der Waals surface area contributed by atoms with E-state index in [0.29, 0.717) is 23.1 Å². The number of hydrogen-bond acceptors (Lipinski definition) is 6. The Hall–Kier alpha value is -2.16. The zero-order valence-electron chi connectivity index (χ0n) is 18.2. The van der Waals surface area contributed by atoms with Crippen LogP contribution < -0.4 is 11.1 Å². The molecular formula is C20H34BrN3O5. The molecule has 2 amide bonds. The van der Waals surface area contributed by atoms with Crippen LogP contribution in [0, 0.1) is 0 Å². The number of unbranched alkanes of at least 4 members (excludes halogenated alkanes) is 2. The van der Waals surface area contributed by atoms with Gasteiger partial charge in [-0.2, -0.15) is 0 Å². The van der Waals surface area contributed by atoms with Gasteiger partial charge in [0.2, 0.25) is 0 Å². The summed E-state index contributed by atoms with van der Waals surface area (Å²) in [5.41, 5.74) is 4.95. The molecule has 0 spiro atoms. The molecule has 1 aromatic heterocycles. The van der Waals surface area contributed by atoms with E-state index in [1.165, 1.54) is 7.11 Å². The number of nitrogens with two attached hydrogens (primary N) is 1. The fourth-order valence-electron chi connectivity index (χ4n) is 1.75. The van der Waals surface area contributed by atoms with Gasteiger partial charge < -0.3 is 20.5 Å². The number of rotatable bonds is 7. The molecule has 0 fully saturated rings. The molecule has 0 aliphatic heterocycles. The van der Waals surface area contributed by atoms with Crippen LogP contribution in [0.2, 0.25) is 0 Å². The zero-order valence-corrected chi connectivity index (χ0v) is 19.8. The Kier molecular flexibility index (Phi) is 16.8. The smallest absolute Gasteiger partial charge is 0.407 e. The van der Waals surface area contributed by atoms with Crippen molar-refractivity contribution < 1.29 is 23.9 Å². The van der Waals surface area contributed by atoms with Gasteiger partial charge in [0.05, 0.1) is 12.7 Å². The van der Waals surface area contributed by atoms with E-state index in [4.69, 9.17) is 10.5 Å². The second-order valence-corrected chi connectivity index (χ2v) is 7.27. The van der Waals surface area contributed by atoms with Gasteiger partial charge in [0, 0.05) is 19.2 Å². The molecule has 1 rings (SSSR count). The lowest BCUT2D eigenvalue weighted by Gasteiger charge is -2.19. The summed E-state index contributed by atoms with van der Waals surface area (Å²) >= 11 is 3.08. The minimum absolute atomic E-state index is 0.190. The van der Waals surface area contributed by atoms with Crippen molar-refractivity contribution in [1.29, 1.82) is 0 Å². The number of nitrogens with one attached hydrogen (secondary N) is 1. The minimum Gasteiger partial charge on any atom is -0.469 e. The molecule has 0 saturated heterocycles. The highest BCUT2D eigenvalue weighted by molar-refractivity contribution is 9.10. The van der Waals surface area contributed by atoms with Crippen LogP contribution in [0.25, 0.3) is 0 Å². The topological polar surface area (TPSA) is 121 Å². The van der Waals surface area contributed by atoms with Crippen molar-refractivity contribution in [3.8, 4) is 0 Å². The number of carbonyl (C=O) groups is 3. The van der Waals surface area contributed by atoms with Gasteiger partial charge in [-0.1, -0.05) is 20.3 Å². The van der Waals surface area contributed by atoms with E-state index in [-0.39, 0.29) is 5.97 Å². The Morgan fingerprint density at radius 2 is 1.79 bits per heavy atom. The van der Waals surface area contributed by atoms with Gasteiger partial charge in [-0.05, 0) is 61.7 Å². The SMILES string of the molecule is CC.COC(=O)CCCCCNC(=O)OC(C)(C)C.NC(=O)c1cccnc1Br. The molecule has 3 N–H and O–H groups in total. The van der Waals surface area contributed by atoms with Gasteiger partial charge in [0.15, 0.2) is 0 Å². The number of esters is 1. The van der Waals surface area contributed by atoms with Gasteiger partial charge in [0.25, 0.3) is 5.91 Å². The molecule has 1 aromatic rings. The van der Waals surface area contributed by atoms with Gasteiger partial charge in [-0.3, -0.25) is 9.59 Å². The summed E-state index contributed by atoms with van der Waals surface area (Å²) in [5.74, 6) is -0.662. The lowest BCUT2D eigenvalue weighted by molar-refractivity contribution is -0.140. The number of alkyl carbamates (subject to hydrolysis) is 1. The lowest BCUT2D eigenvalue weighted by atomic mass is 10.2. The Morgan fingerprint density at radius 1 is 1.17 bits per heavy atom. The molecule has 0 unspecified atom stereocenters. The number of nitrogens with zero attached hydrogens (tertiary/aromatic N) is 1. The normalized spacial score (nSPS) is 9.76. The van der Waals surface area contributed by atoms with Gasteiger partial charge >= 0.3 is 12.1 Å². The average Bonchev–Trinajstić information content (AvgIpc) is 2.65. The standard InChI is InChI=1S/C12H23NO4.C6H5BrN2O.C2H6/c1-12(2,3)17-11(15)13-9-7-5-6-8-10(14)16-4;7-5-4(6(8)10)2-1-3-9-5;1-2/h5-9H2,1-4H3,(H,13,15);1-3H,(H2,8,10);1-2H3. The number of aromatic nitrogens is 1. The molecule has 0 radical (unpaired) electrons. The van der Waals surface area contributed by atoms with E-state index in [1.807, 2.05) is 34.6 Å². The molecule has 1 heterocycles. The molecule has 0 aromatic carbocycles. The van der Waals surface area contributed by atoms with Crippen molar-refractivity contribution >= 4 is 33.9 Å². The lowest BCUT2D eigenvalue weighted by Crippen LogP contribution is -2.32. The third-order valence-electron chi connectivity index (χ3n) is 2.98. The molecule has 0 atom stereocenters. The van der Waals surface area contributed by atoms with E-state index in [0.717, 1.165) is 19.3 Å². The summed E-state index contributed by atoms with van der Waals surface area (Å²) in [4.78, 5) is 36.4. The number of hydrogen-bond donors (Lipinski definition) is 2. The third kappa shape index (κ3) is 17.7. The van der Waals surface area contributed by atoms with Crippen LogP contribution in [0.1, 0.15) is 70.7 Å². The second-order valence-electron chi connectivity index (χ2n) is 6.52. The molecule has 29 heavy (non-hydrogen) atoms.